The van der Waals surface area contributed by atoms with Crippen molar-refractivity contribution in [3.63, 3.8) is 0 Å². The molecule has 0 saturated carbocycles. The summed E-state index contributed by atoms with van der Waals surface area (Å²) in [6.07, 6.45) is 3.60. The summed E-state index contributed by atoms with van der Waals surface area (Å²) < 4.78 is 7.29. The third-order valence-corrected chi connectivity index (χ3v) is 4.01. The number of fused-ring (bicyclic) bond motifs is 1. The first kappa shape index (κ1) is 19.0. The molecule has 0 bridgehead atoms. The maximum absolute atomic E-state index is 12.7. The maximum Gasteiger partial charge on any atom is 0.181 e. The first-order valence-electron chi connectivity index (χ1n) is 8.02. The Balaban J connectivity index is 0.00000225. The molecule has 0 amide bonds. The average Bonchev–Trinajstić information content (AvgIpc) is 3.06. The van der Waals surface area contributed by atoms with Crippen LogP contribution in [0.25, 0.3) is 5.65 Å². The van der Waals surface area contributed by atoms with Crippen LogP contribution in [-0.2, 0) is 0 Å². The molecule has 0 spiro atoms. The lowest BCUT2D eigenvalue weighted by Crippen LogP contribution is -2.12. The number of carbonyl (C=O) groups excluding carboxylic acids is 1. The van der Waals surface area contributed by atoms with Crippen LogP contribution in [0.2, 0.25) is 0 Å². The van der Waals surface area contributed by atoms with E-state index in [0.717, 1.165) is 5.56 Å². The molecule has 1 atom stereocenters. The summed E-state index contributed by atoms with van der Waals surface area (Å²) in [5.41, 5.74) is 2.08. The molecule has 3 rings (SSSR count). The van der Waals surface area contributed by atoms with Gasteiger partial charge in [-0.2, -0.15) is 0 Å². The number of carbonyl (C=O) groups is 1. The van der Waals surface area contributed by atoms with Gasteiger partial charge in [0, 0.05) is 18.5 Å². The van der Waals surface area contributed by atoms with E-state index in [1.807, 2.05) is 49.4 Å². The summed E-state index contributed by atoms with van der Waals surface area (Å²) in [6.45, 7) is 2.37. The van der Waals surface area contributed by atoms with Crippen molar-refractivity contribution in [1.82, 2.24) is 9.38 Å². The second-order valence-electron chi connectivity index (χ2n) is 5.56. The molecule has 0 aliphatic carbocycles. The predicted molar refractivity (Wildman–Crippen MR) is 98.8 cm³/mol. The van der Waals surface area contributed by atoms with Crippen LogP contribution in [-0.4, -0.2) is 33.5 Å². The van der Waals surface area contributed by atoms with Gasteiger partial charge < -0.3 is 9.84 Å². The summed E-state index contributed by atoms with van der Waals surface area (Å²) in [6, 6.07) is 13.2. The fourth-order valence-electron chi connectivity index (χ4n) is 2.80. The quantitative estimate of drug-likeness (QED) is 0.655. The van der Waals surface area contributed by atoms with Crippen LogP contribution in [0.3, 0.4) is 0 Å². The van der Waals surface area contributed by atoms with Crippen LogP contribution >= 0.6 is 12.4 Å². The Bertz CT molecular complexity index is 833. The second-order valence-corrected chi connectivity index (χ2v) is 5.56. The highest BCUT2D eigenvalue weighted by Crippen LogP contribution is 2.24. The summed E-state index contributed by atoms with van der Waals surface area (Å²) in [4.78, 5) is 17.0. The molecule has 6 heteroatoms. The van der Waals surface area contributed by atoms with Gasteiger partial charge in [-0.3, -0.25) is 9.20 Å². The monoisotopic (exact) mass is 360 g/mol. The number of ether oxygens (including phenoxy) is 1. The second kappa shape index (κ2) is 8.65. The highest BCUT2D eigenvalue weighted by atomic mass is 35.5. The molecule has 0 aliphatic heterocycles. The predicted octanol–water partition coefficient (Wildman–Crippen LogP) is 3.50. The third kappa shape index (κ3) is 4.00. The zero-order valence-corrected chi connectivity index (χ0v) is 14.8. The normalized spacial score (nSPS) is 11.8. The average molecular weight is 361 g/mol. The Morgan fingerprint density at radius 1 is 1.24 bits per heavy atom. The first-order chi connectivity index (χ1) is 11.7. The number of halogens is 1. The van der Waals surface area contributed by atoms with Gasteiger partial charge in [0.2, 0.25) is 0 Å². The molecule has 132 valence electrons. The van der Waals surface area contributed by atoms with Gasteiger partial charge in [0.25, 0.3) is 0 Å². The Morgan fingerprint density at radius 3 is 2.68 bits per heavy atom. The Labute approximate surface area is 152 Å². The minimum absolute atomic E-state index is 0. The largest absolute Gasteiger partial charge is 0.490 e. The van der Waals surface area contributed by atoms with E-state index < -0.39 is 0 Å². The molecule has 0 aliphatic rings. The number of ketones is 1. The van der Waals surface area contributed by atoms with Gasteiger partial charge in [-0.1, -0.05) is 30.3 Å². The van der Waals surface area contributed by atoms with Crippen molar-refractivity contribution in [2.75, 3.05) is 13.2 Å². The molecule has 25 heavy (non-hydrogen) atoms. The number of aliphatic hydroxyl groups is 1. The van der Waals surface area contributed by atoms with Crippen LogP contribution in [0.1, 0.15) is 35.3 Å². The van der Waals surface area contributed by atoms with Crippen LogP contribution in [0, 0.1) is 0 Å². The van der Waals surface area contributed by atoms with E-state index in [0.29, 0.717) is 23.7 Å². The lowest BCUT2D eigenvalue weighted by molar-refractivity contribution is 0.0954. The fraction of sp³-hybridized carbons (Fsp3) is 0.263. The number of aromatic nitrogens is 2. The Hall–Kier alpha value is -2.37. The SMILES string of the molecule is CCOc1cccn2c(C(=O)C[C@H](CO)c3ccccc3)cnc12.Cl. The van der Waals surface area contributed by atoms with Crippen LogP contribution in [0.5, 0.6) is 5.75 Å². The van der Waals surface area contributed by atoms with Crippen molar-refractivity contribution in [3.8, 4) is 5.75 Å². The van der Waals surface area contributed by atoms with Gasteiger partial charge in [-0.05, 0) is 24.6 Å². The number of hydrogen-bond acceptors (Lipinski definition) is 4. The zero-order valence-electron chi connectivity index (χ0n) is 14.0. The Kier molecular flexibility index (Phi) is 6.56. The van der Waals surface area contributed by atoms with Crippen molar-refractivity contribution >= 4 is 23.8 Å². The van der Waals surface area contributed by atoms with E-state index in [-0.39, 0.29) is 37.1 Å². The van der Waals surface area contributed by atoms with E-state index in [1.165, 1.54) is 0 Å². The van der Waals surface area contributed by atoms with E-state index in [9.17, 15) is 9.90 Å². The fourth-order valence-corrected chi connectivity index (χ4v) is 2.80. The topological polar surface area (TPSA) is 63.8 Å². The van der Waals surface area contributed by atoms with Crippen molar-refractivity contribution in [2.24, 2.45) is 0 Å². The number of nitrogens with zero attached hydrogens (tertiary/aromatic N) is 2. The number of hydrogen-bond donors (Lipinski definition) is 1. The number of Topliss-reactive ketones (excluding diaryl/α,β-unsaturated/α-hetero) is 1. The van der Waals surface area contributed by atoms with Crippen molar-refractivity contribution in [3.05, 3.63) is 66.1 Å². The molecule has 0 fully saturated rings. The highest BCUT2D eigenvalue weighted by Gasteiger charge is 2.20. The molecular weight excluding hydrogens is 340 g/mol. The molecule has 0 radical (unpaired) electrons. The number of aliphatic hydroxyl groups excluding tert-OH is 1. The minimum atomic E-state index is -0.223. The number of benzene rings is 1. The smallest absolute Gasteiger partial charge is 0.181 e. The number of rotatable bonds is 7. The van der Waals surface area contributed by atoms with Gasteiger partial charge in [-0.15, -0.1) is 12.4 Å². The van der Waals surface area contributed by atoms with Gasteiger partial charge in [0.15, 0.2) is 17.2 Å². The summed E-state index contributed by atoms with van der Waals surface area (Å²) >= 11 is 0. The maximum atomic E-state index is 12.7. The molecule has 2 heterocycles. The summed E-state index contributed by atoms with van der Waals surface area (Å²) in [5, 5.41) is 9.66. The number of pyridine rings is 1. The van der Waals surface area contributed by atoms with Crippen LogP contribution in [0.15, 0.2) is 54.9 Å². The minimum Gasteiger partial charge on any atom is -0.490 e. The van der Waals surface area contributed by atoms with E-state index in [2.05, 4.69) is 4.98 Å². The van der Waals surface area contributed by atoms with Crippen molar-refractivity contribution in [2.45, 2.75) is 19.3 Å². The highest BCUT2D eigenvalue weighted by molar-refractivity contribution is 5.96. The molecule has 0 unspecified atom stereocenters. The van der Waals surface area contributed by atoms with Gasteiger partial charge in [0.1, 0.15) is 5.69 Å². The van der Waals surface area contributed by atoms with E-state index in [4.69, 9.17) is 4.74 Å². The van der Waals surface area contributed by atoms with Crippen molar-refractivity contribution < 1.29 is 14.6 Å². The molecule has 2 aromatic heterocycles. The van der Waals surface area contributed by atoms with Crippen LogP contribution < -0.4 is 4.74 Å². The molecule has 5 nitrogen and oxygen atoms in total. The standard InChI is InChI=1S/C19H20N2O3.ClH/c1-2-24-18-9-6-10-21-16(12-20-19(18)21)17(23)11-15(13-22)14-7-4-3-5-8-14;/h3-10,12,15,22H,2,11,13H2,1H3;1H/t15-;/m1./s1. The molecule has 0 saturated heterocycles. The molecular formula is C19H21ClN2O3. The van der Waals surface area contributed by atoms with E-state index >= 15 is 0 Å². The first-order valence-corrected chi connectivity index (χ1v) is 8.02. The lowest BCUT2D eigenvalue weighted by atomic mass is 9.94. The van der Waals surface area contributed by atoms with Gasteiger partial charge in [-0.25, -0.2) is 4.98 Å². The molecule has 1 N–H and O–H groups in total. The van der Waals surface area contributed by atoms with E-state index in [1.54, 1.807) is 16.8 Å². The molecule has 1 aromatic carbocycles. The zero-order chi connectivity index (χ0) is 16.9. The third-order valence-electron chi connectivity index (χ3n) is 4.01. The summed E-state index contributed by atoms with van der Waals surface area (Å²) in [7, 11) is 0. The number of imidazole rings is 1. The van der Waals surface area contributed by atoms with Gasteiger partial charge >= 0.3 is 0 Å². The van der Waals surface area contributed by atoms with Gasteiger partial charge in [0.05, 0.1) is 19.4 Å². The molecule has 3 aromatic rings. The van der Waals surface area contributed by atoms with Crippen molar-refractivity contribution in [1.29, 1.82) is 0 Å². The lowest BCUT2D eigenvalue weighted by Gasteiger charge is -2.13. The van der Waals surface area contributed by atoms with Crippen LogP contribution in [0.4, 0.5) is 0 Å². The summed E-state index contributed by atoms with van der Waals surface area (Å²) in [5.74, 6) is 0.374. The Morgan fingerprint density at radius 2 is 2.00 bits per heavy atom.